The van der Waals surface area contributed by atoms with Crippen LogP contribution in [-0.4, -0.2) is 82.9 Å². The Hall–Kier alpha value is -1.92. The minimum atomic E-state index is -0.392. The SMILES string of the molecule is CN(C)CCOC(=O)c1ccc(C(=O)OCC[N+](C)(C)C)cc1. The molecule has 0 aromatic heterocycles. The van der Waals surface area contributed by atoms with Crippen LogP contribution in [0.3, 0.4) is 0 Å². The molecule has 0 saturated heterocycles. The Balaban J connectivity index is 2.49. The number of rotatable bonds is 8. The molecule has 0 aliphatic rings. The van der Waals surface area contributed by atoms with Crippen molar-refractivity contribution in [2.24, 2.45) is 0 Å². The van der Waals surface area contributed by atoms with Gasteiger partial charge in [0, 0.05) is 6.54 Å². The minimum Gasteiger partial charge on any atom is -0.461 e. The second-order valence-electron chi connectivity index (χ2n) is 6.67. The lowest BCUT2D eigenvalue weighted by molar-refractivity contribution is -0.870. The van der Waals surface area contributed by atoms with Gasteiger partial charge in [-0.25, -0.2) is 9.59 Å². The Bertz CT molecular complexity index is 518. The number of hydrogen-bond donors (Lipinski definition) is 0. The molecule has 6 heteroatoms. The molecule has 23 heavy (non-hydrogen) atoms. The Morgan fingerprint density at radius 3 is 1.74 bits per heavy atom. The van der Waals surface area contributed by atoms with Gasteiger partial charge in [0.2, 0.25) is 0 Å². The van der Waals surface area contributed by atoms with E-state index in [1.807, 2.05) is 40.1 Å². The van der Waals surface area contributed by atoms with Gasteiger partial charge in [-0.3, -0.25) is 0 Å². The molecule has 128 valence electrons. The first-order valence-electron chi connectivity index (χ1n) is 7.58. The van der Waals surface area contributed by atoms with Crippen LogP contribution in [0, 0.1) is 0 Å². The second kappa shape index (κ2) is 8.64. The molecular formula is C17H27N2O4+. The number of nitrogens with zero attached hydrogens (tertiary/aromatic N) is 2. The van der Waals surface area contributed by atoms with Gasteiger partial charge >= 0.3 is 11.9 Å². The van der Waals surface area contributed by atoms with Crippen molar-refractivity contribution in [3.05, 3.63) is 35.4 Å². The predicted octanol–water partition coefficient (Wildman–Crippen LogP) is 1.27. The van der Waals surface area contributed by atoms with Crippen LogP contribution in [0.25, 0.3) is 0 Å². The Kier molecular flexibility index (Phi) is 7.19. The number of carbonyl (C=O) groups excluding carboxylic acids is 2. The maximum Gasteiger partial charge on any atom is 0.338 e. The van der Waals surface area contributed by atoms with Crippen molar-refractivity contribution >= 4 is 11.9 Å². The van der Waals surface area contributed by atoms with Crippen LogP contribution in [0.15, 0.2) is 24.3 Å². The summed E-state index contributed by atoms with van der Waals surface area (Å²) in [4.78, 5) is 25.7. The Morgan fingerprint density at radius 2 is 1.35 bits per heavy atom. The molecule has 0 bridgehead atoms. The average molecular weight is 323 g/mol. The maximum atomic E-state index is 11.9. The third kappa shape index (κ3) is 7.76. The molecule has 0 spiro atoms. The smallest absolute Gasteiger partial charge is 0.338 e. The van der Waals surface area contributed by atoms with Gasteiger partial charge in [0.25, 0.3) is 0 Å². The number of carbonyl (C=O) groups is 2. The third-order valence-corrected chi connectivity index (χ3v) is 3.12. The van der Waals surface area contributed by atoms with Crippen molar-refractivity contribution in [1.29, 1.82) is 0 Å². The van der Waals surface area contributed by atoms with Gasteiger partial charge in [0.15, 0.2) is 0 Å². The fourth-order valence-corrected chi connectivity index (χ4v) is 1.64. The number of ether oxygens (including phenoxy) is 2. The summed E-state index contributed by atoms with van der Waals surface area (Å²) in [5.41, 5.74) is 0.850. The van der Waals surface area contributed by atoms with Crippen LogP contribution < -0.4 is 0 Å². The lowest BCUT2D eigenvalue weighted by atomic mass is 10.1. The van der Waals surface area contributed by atoms with Crippen LogP contribution in [0.2, 0.25) is 0 Å². The van der Waals surface area contributed by atoms with E-state index < -0.39 is 5.97 Å². The van der Waals surface area contributed by atoms with Crippen LogP contribution >= 0.6 is 0 Å². The molecule has 0 aliphatic heterocycles. The molecule has 0 amide bonds. The molecule has 1 rings (SSSR count). The van der Waals surface area contributed by atoms with Crippen LogP contribution in [-0.2, 0) is 9.47 Å². The molecule has 1 aromatic carbocycles. The van der Waals surface area contributed by atoms with E-state index in [2.05, 4.69) is 0 Å². The first kappa shape index (κ1) is 19.1. The van der Waals surface area contributed by atoms with Gasteiger partial charge in [0.1, 0.15) is 19.8 Å². The van der Waals surface area contributed by atoms with Crippen molar-refractivity contribution in [1.82, 2.24) is 4.90 Å². The van der Waals surface area contributed by atoms with E-state index in [9.17, 15) is 9.59 Å². The lowest BCUT2D eigenvalue weighted by Gasteiger charge is -2.23. The van der Waals surface area contributed by atoms with Crippen LogP contribution in [0.4, 0.5) is 0 Å². The number of hydrogen-bond acceptors (Lipinski definition) is 5. The van der Waals surface area contributed by atoms with E-state index in [4.69, 9.17) is 9.47 Å². The molecule has 0 fully saturated rings. The summed E-state index contributed by atoms with van der Waals surface area (Å²) < 4.78 is 11.1. The highest BCUT2D eigenvalue weighted by atomic mass is 16.5. The summed E-state index contributed by atoms with van der Waals surface area (Å²) in [6.07, 6.45) is 0. The Morgan fingerprint density at radius 1 is 0.913 bits per heavy atom. The first-order chi connectivity index (χ1) is 10.7. The summed E-state index contributed by atoms with van der Waals surface area (Å²) in [5.74, 6) is -0.775. The first-order valence-corrected chi connectivity index (χ1v) is 7.58. The van der Waals surface area contributed by atoms with Crippen molar-refractivity contribution in [2.45, 2.75) is 0 Å². The normalized spacial score (nSPS) is 11.4. The zero-order valence-electron chi connectivity index (χ0n) is 14.7. The zero-order chi connectivity index (χ0) is 17.5. The van der Waals surface area contributed by atoms with Crippen LogP contribution in [0.1, 0.15) is 20.7 Å². The third-order valence-electron chi connectivity index (χ3n) is 3.12. The van der Waals surface area contributed by atoms with E-state index in [-0.39, 0.29) is 5.97 Å². The number of likely N-dealkylation sites (N-methyl/N-ethyl adjacent to an activating group) is 2. The predicted molar refractivity (Wildman–Crippen MR) is 88.5 cm³/mol. The van der Waals surface area contributed by atoms with Gasteiger partial charge in [-0.15, -0.1) is 0 Å². The minimum absolute atomic E-state index is 0.334. The van der Waals surface area contributed by atoms with Crippen molar-refractivity contribution in [2.75, 3.05) is 61.5 Å². The van der Waals surface area contributed by atoms with Crippen molar-refractivity contribution in [3.63, 3.8) is 0 Å². The molecule has 0 saturated carbocycles. The summed E-state index contributed by atoms with van der Waals surface area (Å²) in [6, 6.07) is 6.32. The monoisotopic (exact) mass is 323 g/mol. The maximum absolute atomic E-state index is 11.9. The quantitative estimate of drug-likeness (QED) is 0.533. The van der Waals surface area contributed by atoms with Crippen molar-refractivity contribution < 1.29 is 23.5 Å². The molecule has 0 unspecified atom stereocenters. The molecule has 0 aliphatic carbocycles. The highest BCUT2D eigenvalue weighted by Gasteiger charge is 2.13. The van der Waals surface area contributed by atoms with E-state index in [0.717, 1.165) is 11.0 Å². The summed E-state index contributed by atoms with van der Waals surface area (Å²) >= 11 is 0. The van der Waals surface area contributed by atoms with Gasteiger partial charge < -0.3 is 18.9 Å². The van der Waals surface area contributed by atoms with Gasteiger partial charge in [0.05, 0.1) is 32.3 Å². The second-order valence-corrected chi connectivity index (χ2v) is 6.67. The fourth-order valence-electron chi connectivity index (χ4n) is 1.64. The topological polar surface area (TPSA) is 55.8 Å². The fraction of sp³-hybridized carbons (Fsp3) is 0.529. The molecule has 0 N–H and O–H groups in total. The molecular weight excluding hydrogens is 296 g/mol. The van der Waals surface area contributed by atoms with Gasteiger partial charge in [-0.1, -0.05) is 0 Å². The average Bonchev–Trinajstić information content (AvgIpc) is 2.45. The van der Waals surface area contributed by atoms with Crippen LogP contribution in [0.5, 0.6) is 0 Å². The van der Waals surface area contributed by atoms with Crippen molar-refractivity contribution in [3.8, 4) is 0 Å². The molecule has 1 aromatic rings. The molecule has 0 radical (unpaired) electrons. The van der Waals surface area contributed by atoms with E-state index in [0.29, 0.717) is 30.9 Å². The van der Waals surface area contributed by atoms with E-state index in [1.54, 1.807) is 24.3 Å². The number of quaternary nitrogens is 1. The summed E-state index contributed by atoms with van der Waals surface area (Å²) in [5, 5.41) is 0. The highest BCUT2D eigenvalue weighted by molar-refractivity contribution is 5.93. The highest BCUT2D eigenvalue weighted by Crippen LogP contribution is 2.08. The molecule has 0 atom stereocenters. The largest absolute Gasteiger partial charge is 0.461 e. The Labute approximate surface area is 138 Å². The van der Waals surface area contributed by atoms with Gasteiger partial charge in [-0.05, 0) is 38.4 Å². The molecule has 0 heterocycles. The van der Waals surface area contributed by atoms with E-state index >= 15 is 0 Å². The molecule has 6 nitrogen and oxygen atoms in total. The van der Waals surface area contributed by atoms with E-state index in [1.165, 1.54) is 0 Å². The standard InChI is InChI=1S/C17H27N2O4/c1-18(2)10-12-22-16(20)14-6-8-15(9-7-14)17(21)23-13-11-19(3,4)5/h6-9H,10-13H2,1-5H3/q+1. The summed E-state index contributed by atoms with van der Waals surface area (Å²) in [7, 11) is 9.92. The number of benzene rings is 1. The van der Waals surface area contributed by atoms with Gasteiger partial charge in [-0.2, -0.15) is 0 Å². The summed E-state index contributed by atoms with van der Waals surface area (Å²) in [6.45, 7) is 2.10. The number of esters is 2. The lowest BCUT2D eigenvalue weighted by Crippen LogP contribution is -2.38. The zero-order valence-corrected chi connectivity index (χ0v) is 14.7.